The van der Waals surface area contributed by atoms with Crippen LogP contribution in [0.25, 0.3) is 0 Å². The smallest absolute Gasteiger partial charge is 0.152 e. The average molecular weight is 429 g/mol. The maximum Gasteiger partial charge on any atom is 0.152 e. The Balaban J connectivity index is 0.000000817. The summed E-state index contributed by atoms with van der Waals surface area (Å²) in [4.78, 5) is 12.2. The van der Waals surface area contributed by atoms with Gasteiger partial charge in [-0.3, -0.25) is 0 Å². The molecule has 0 spiro atoms. The van der Waals surface area contributed by atoms with Crippen LogP contribution in [0.5, 0.6) is 0 Å². The van der Waals surface area contributed by atoms with Crippen LogP contribution in [0.3, 0.4) is 0 Å². The van der Waals surface area contributed by atoms with Crippen molar-refractivity contribution in [2.75, 3.05) is 0 Å². The van der Waals surface area contributed by atoms with Crippen LogP contribution in [0.2, 0.25) is 15.1 Å². The number of aromatic nitrogens is 2. The second-order valence-corrected chi connectivity index (χ2v) is 6.71. The van der Waals surface area contributed by atoms with Gasteiger partial charge in [-0.25, -0.2) is 4.98 Å². The summed E-state index contributed by atoms with van der Waals surface area (Å²) in [6.45, 7) is 1.06. The Labute approximate surface area is 171 Å². The largest absolute Gasteiger partial charge is 0.379 e. The number of hydrogen-bond acceptors (Lipinski definition) is 4. The third-order valence-corrected chi connectivity index (χ3v) is 4.42. The Bertz CT molecular complexity index is 843. The Hall–Kier alpha value is -2.12. The van der Waals surface area contributed by atoms with Gasteiger partial charge < -0.3 is 14.5 Å². The molecule has 3 rings (SSSR count). The monoisotopic (exact) mass is 427 g/mol. The van der Waals surface area contributed by atoms with E-state index in [1.165, 1.54) is 5.34 Å². The molecule has 6 nitrogen and oxygen atoms in total. The molecule has 27 heavy (non-hydrogen) atoms. The highest BCUT2D eigenvalue weighted by molar-refractivity contribution is 6.35. The number of imidazole rings is 1. The Morgan fingerprint density at radius 3 is 2.37 bits per heavy atom. The van der Waals surface area contributed by atoms with E-state index in [9.17, 15) is 0 Å². The summed E-state index contributed by atoms with van der Waals surface area (Å²) >= 11 is 18.3. The van der Waals surface area contributed by atoms with Gasteiger partial charge in [0.15, 0.2) is 5.34 Å². The first-order chi connectivity index (χ1) is 13.0. The molecule has 142 valence electrons. The molecule has 0 fully saturated rings. The van der Waals surface area contributed by atoms with Gasteiger partial charge in [-0.1, -0.05) is 53.0 Å². The molecule has 1 heterocycles. The highest BCUT2D eigenvalue weighted by Gasteiger charge is 2.17. The first-order valence-electron chi connectivity index (χ1n) is 7.77. The summed E-state index contributed by atoms with van der Waals surface area (Å²) in [7, 11) is 0. The van der Waals surface area contributed by atoms with E-state index in [-0.39, 0.29) is 6.10 Å². The molecule has 0 aliphatic rings. The van der Waals surface area contributed by atoms with Crippen molar-refractivity contribution < 1.29 is 9.94 Å². The topological polar surface area (TPSA) is 76.7 Å². The molecule has 0 aliphatic carbocycles. The lowest BCUT2D eigenvalue weighted by Crippen LogP contribution is -2.12. The molecule has 0 aliphatic heterocycles. The van der Waals surface area contributed by atoms with Gasteiger partial charge in [0.2, 0.25) is 0 Å². The quantitative estimate of drug-likeness (QED) is 0.389. The molecule has 3 aromatic rings. The predicted octanol–water partition coefficient (Wildman–Crippen LogP) is 5.94. The van der Waals surface area contributed by atoms with Crippen LogP contribution in [0.1, 0.15) is 17.2 Å². The number of nitrogens with zero attached hydrogens (tertiary/aromatic N) is 3. The molecule has 1 aromatic heterocycles. The van der Waals surface area contributed by atoms with Crippen LogP contribution in [0, 0.1) is 4.91 Å². The van der Waals surface area contributed by atoms with Crippen molar-refractivity contribution >= 4 is 34.8 Å². The van der Waals surface area contributed by atoms with Gasteiger partial charge in [0.05, 0.1) is 19.5 Å². The van der Waals surface area contributed by atoms with Crippen molar-refractivity contribution in [1.82, 2.24) is 9.55 Å². The minimum absolute atomic E-state index is 0.223. The molecule has 1 unspecified atom stereocenters. The molecule has 0 bridgehead atoms. The molecule has 2 aromatic carbocycles. The zero-order valence-corrected chi connectivity index (χ0v) is 16.3. The fraction of sp³-hybridized carbons (Fsp3) is 0.167. The van der Waals surface area contributed by atoms with Crippen molar-refractivity contribution in [3.05, 3.63) is 92.3 Å². The predicted molar refractivity (Wildman–Crippen MR) is 105 cm³/mol. The van der Waals surface area contributed by atoms with E-state index in [0.29, 0.717) is 28.2 Å². The third-order valence-electron chi connectivity index (χ3n) is 3.61. The average Bonchev–Trinajstić information content (AvgIpc) is 3.14. The zero-order valence-electron chi connectivity index (χ0n) is 14.0. The van der Waals surface area contributed by atoms with E-state index in [0.717, 1.165) is 11.1 Å². The van der Waals surface area contributed by atoms with Gasteiger partial charge in [-0.2, -0.15) is 0 Å². The van der Waals surface area contributed by atoms with E-state index < -0.39 is 0 Å². The van der Waals surface area contributed by atoms with Crippen LogP contribution in [0.15, 0.2) is 66.5 Å². The molecule has 9 heteroatoms. The number of rotatable bonds is 6. The van der Waals surface area contributed by atoms with E-state index in [1.54, 1.807) is 18.6 Å². The van der Waals surface area contributed by atoms with Crippen molar-refractivity contribution in [2.24, 2.45) is 5.34 Å². The Morgan fingerprint density at radius 1 is 1.11 bits per heavy atom. The van der Waals surface area contributed by atoms with E-state index >= 15 is 0 Å². The van der Waals surface area contributed by atoms with Crippen LogP contribution in [-0.4, -0.2) is 14.8 Å². The van der Waals surface area contributed by atoms with Crippen LogP contribution >= 0.6 is 34.8 Å². The molecular weight excluding hydrogens is 413 g/mol. The normalized spacial score (nSPS) is 11.4. The van der Waals surface area contributed by atoms with Gasteiger partial charge in [0.1, 0.15) is 6.10 Å². The second-order valence-electron chi connectivity index (χ2n) is 5.43. The summed E-state index contributed by atoms with van der Waals surface area (Å²) in [5, 5.41) is 9.78. The fourth-order valence-corrected chi connectivity index (χ4v) is 3.02. The minimum atomic E-state index is -0.223. The molecule has 0 saturated heterocycles. The van der Waals surface area contributed by atoms with Crippen LogP contribution in [0.4, 0.5) is 0 Å². The maximum atomic E-state index is 8.11. The Kier molecular flexibility index (Phi) is 8.54. The molecule has 1 N–H and O–H groups in total. The van der Waals surface area contributed by atoms with Gasteiger partial charge >= 0.3 is 0 Å². The van der Waals surface area contributed by atoms with E-state index in [4.69, 9.17) is 49.7 Å². The maximum absolute atomic E-state index is 8.11. The summed E-state index contributed by atoms with van der Waals surface area (Å²) < 4.78 is 8.08. The minimum Gasteiger partial charge on any atom is -0.379 e. The molecule has 1 atom stereocenters. The highest BCUT2D eigenvalue weighted by Crippen LogP contribution is 2.30. The van der Waals surface area contributed by atoms with Gasteiger partial charge in [-0.15, -0.1) is 4.91 Å². The Morgan fingerprint density at radius 2 is 1.78 bits per heavy atom. The first kappa shape index (κ1) is 21.2. The van der Waals surface area contributed by atoms with E-state index in [1.807, 2.05) is 47.2 Å². The van der Waals surface area contributed by atoms with E-state index in [2.05, 4.69) is 4.98 Å². The summed E-state index contributed by atoms with van der Waals surface area (Å²) in [5.41, 5.74) is 1.93. The summed E-state index contributed by atoms with van der Waals surface area (Å²) in [6.07, 6.45) is 5.16. The second kappa shape index (κ2) is 10.9. The SMILES string of the molecule is Clc1ccc(COC(Cn2ccnc2)c2ccc(Cl)cc2Cl)cc1.O=NO. The lowest BCUT2D eigenvalue weighted by molar-refractivity contribution is 0.0280. The molecule has 0 saturated carbocycles. The van der Waals surface area contributed by atoms with Crippen molar-refractivity contribution in [1.29, 1.82) is 0 Å². The standard InChI is InChI=1S/C18H15Cl3N2O.HNO2/c19-14-3-1-13(2-4-14)11-24-18(10-23-8-7-22-12-23)16-6-5-15(20)9-17(16)21;2-1-3/h1-9,12,18H,10-11H2;(H,2,3). The lowest BCUT2D eigenvalue weighted by Gasteiger charge is -2.20. The summed E-state index contributed by atoms with van der Waals surface area (Å²) in [6, 6.07) is 13.0. The van der Waals surface area contributed by atoms with Crippen molar-refractivity contribution in [3.63, 3.8) is 0 Å². The van der Waals surface area contributed by atoms with Crippen molar-refractivity contribution in [2.45, 2.75) is 19.3 Å². The molecule has 0 amide bonds. The molecule has 0 radical (unpaired) electrons. The van der Waals surface area contributed by atoms with Gasteiger partial charge in [-0.05, 0) is 29.8 Å². The van der Waals surface area contributed by atoms with Gasteiger partial charge in [0.25, 0.3) is 0 Å². The van der Waals surface area contributed by atoms with Gasteiger partial charge in [0, 0.05) is 33.0 Å². The summed E-state index contributed by atoms with van der Waals surface area (Å²) in [5.74, 6) is 0. The van der Waals surface area contributed by atoms with Crippen LogP contribution < -0.4 is 0 Å². The molecular formula is C18H16Cl3N3O3. The number of halogens is 3. The van der Waals surface area contributed by atoms with Crippen molar-refractivity contribution in [3.8, 4) is 0 Å². The van der Waals surface area contributed by atoms with Crippen LogP contribution in [-0.2, 0) is 17.9 Å². The first-order valence-corrected chi connectivity index (χ1v) is 8.90. The lowest BCUT2D eigenvalue weighted by atomic mass is 10.1. The number of ether oxygens (including phenoxy) is 1. The number of benzene rings is 2. The highest BCUT2D eigenvalue weighted by atomic mass is 35.5. The third kappa shape index (κ3) is 6.84. The number of hydrogen-bond donors (Lipinski definition) is 1. The zero-order chi connectivity index (χ0) is 19.6. The fourth-order valence-electron chi connectivity index (χ4n) is 2.37.